The van der Waals surface area contributed by atoms with E-state index in [1.54, 1.807) is 12.5 Å². The van der Waals surface area contributed by atoms with Crippen LogP contribution in [-0.4, -0.2) is 41.1 Å². The third kappa shape index (κ3) is 5.48. The Bertz CT molecular complexity index is 890. The highest BCUT2D eigenvalue weighted by atomic mass is 16.5. The van der Waals surface area contributed by atoms with E-state index < -0.39 is 0 Å². The number of ether oxygens (including phenoxy) is 1. The zero-order chi connectivity index (χ0) is 19.9. The van der Waals surface area contributed by atoms with Crippen LogP contribution in [0.5, 0.6) is 5.75 Å². The summed E-state index contributed by atoms with van der Waals surface area (Å²) in [5, 5.41) is 6.53. The van der Waals surface area contributed by atoms with Crippen LogP contribution < -0.4 is 15.4 Å². The molecule has 0 unspecified atom stereocenters. The fourth-order valence-electron chi connectivity index (χ4n) is 3.33. The first-order valence-corrected chi connectivity index (χ1v) is 10.1. The standard InChI is InChI=1S/C22H27N5O2/c1-17-15-24-22(26-21(17)23-16-20-5-4-13-28-20)25-18-6-8-19(9-7-18)29-14-12-27-10-2-3-11-27/h4-9,13,15H,2-3,10-12,14,16H2,1H3,(H2,23,24,25,26). The summed E-state index contributed by atoms with van der Waals surface area (Å²) in [6, 6.07) is 11.7. The number of aryl methyl sites for hydroxylation is 1. The van der Waals surface area contributed by atoms with Gasteiger partial charge < -0.3 is 19.8 Å². The number of hydrogen-bond acceptors (Lipinski definition) is 7. The molecule has 2 N–H and O–H groups in total. The Morgan fingerprint density at radius 3 is 2.72 bits per heavy atom. The van der Waals surface area contributed by atoms with Crippen molar-refractivity contribution in [3.63, 3.8) is 0 Å². The lowest BCUT2D eigenvalue weighted by Crippen LogP contribution is -2.25. The Kier molecular flexibility index (Phi) is 6.26. The molecule has 152 valence electrons. The topological polar surface area (TPSA) is 75.5 Å². The molecule has 7 nitrogen and oxygen atoms in total. The smallest absolute Gasteiger partial charge is 0.229 e. The van der Waals surface area contributed by atoms with E-state index >= 15 is 0 Å². The lowest BCUT2D eigenvalue weighted by atomic mass is 10.3. The van der Waals surface area contributed by atoms with Crippen molar-refractivity contribution in [2.45, 2.75) is 26.3 Å². The van der Waals surface area contributed by atoms with Crippen molar-refractivity contribution < 1.29 is 9.15 Å². The Morgan fingerprint density at radius 2 is 1.97 bits per heavy atom. The van der Waals surface area contributed by atoms with Gasteiger partial charge in [-0.05, 0) is 69.3 Å². The van der Waals surface area contributed by atoms with Crippen LogP contribution in [0.4, 0.5) is 17.5 Å². The summed E-state index contributed by atoms with van der Waals surface area (Å²) in [6.07, 6.45) is 6.08. The molecular formula is C22H27N5O2. The predicted octanol–water partition coefficient (Wildman–Crippen LogP) is 4.21. The number of rotatable bonds is 9. The lowest BCUT2D eigenvalue weighted by molar-refractivity contribution is 0.238. The van der Waals surface area contributed by atoms with E-state index in [1.807, 2.05) is 43.3 Å². The van der Waals surface area contributed by atoms with E-state index in [2.05, 4.69) is 25.5 Å². The van der Waals surface area contributed by atoms with E-state index in [0.29, 0.717) is 12.5 Å². The molecule has 7 heteroatoms. The van der Waals surface area contributed by atoms with E-state index in [0.717, 1.165) is 41.7 Å². The minimum atomic E-state index is 0.542. The SMILES string of the molecule is Cc1cnc(Nc2ccc(OCCN3CCCC3)cc2)nc1NCc1ccco1. The van der Waals surface area contributed by atoms with Gasteiger partial charge in [-0.25, -0.2) is 4.98 Å². The summed E-state index contributed by atoms with van der Waals surface area (Å²) in [6.45, 7) is 6.65. The number of hydrogen-bond donors (Lipinski definition) is 2. The molecule has 1 aliphatic heterocycles. The number of nitrogens with zero attached hydrogens (tertiary/aromatic N) is 3. The summed E-state index contributed by atoms with van der Waals surface area (Å²) in [5.41, 5.74) is 1.89. The average Bonchev–Trinajstić information content (AvgIpc) is 3.44. The molecule has 3 heterocycles. The largest absolute Gasteiger partial charge is 0.492 e. The Labute approximate surface area is 171 Å². The average molecular weight is 393 g/mol. The number of furan rings is 1. The molecule has 0 saturated carbocycles. The Balaban J connectivity index is 1.30. The zero-order valence-electron chi connectivity index (χ0n) is 16.7. The van der Waals surface area contributed by atoms with Gasteiger partial charge in [0.1, 0.15) is 23.9 Å². The number of likely N-dealkylation sites (tertiary alicyclic amines) is 1. The summed E-state index contributed by atoms with van der Waals surface area (Å²) in [5.74, 6) is 3.05. The molecule has 1 fully saturated rings. The quantitative estimate of drug-likeness (QED) is 0.564. The maximum absolute atomic E-state index is 5.86. The first-order valence-electron chi connectivity index (χ1n) is 10.1. The van der Waals surface area contributed by atoms with E-state index in [1.165, 1.54) is 25.9 Å². The van der Waals surface area contributed by atoms with Crippen LogP contribution in [0.15, 0.2) is 53.3 Å². The van der Waals surface area contributed by atoms with Crippen LogP contribution in [-0.2, 0) is 6.54 Å². The summed E-state index contributed by atoms with van der Waals surface area (Å²) >= 11 is 0. The Hall–Kier alpha value is -3.06. The molecule has 0 radical (unpaired) electrons. The lowest BCUT2D eigenvalue weighted by Gasteiger charge is -2.15. The van der Waals surface area contributed by atoms with Gasteiger partial charge in [0.15, 0.2) is 0 Å². The highest BCUT2D eigenvalue weighted by molar-refractivity contribution is 5.57. The highest BCUT2D eigenvalue weighted by Gasteiger charge is 2.11. The van der Waals surface area contributed by atoms with Gasteiger partial charge in [-0.3, -0.25) is 4.90 Å². The molecular weight excluding hydrogens is 366 g/mol. The fraction of sp³-hybridized carbons (Fsp3) is 0.364. The highest BCUT2D eigenvalue weighted by Crippen LogP contribution is 2.20. The molecule has 1 saturated heterocycles. The molecule has 0 atom stereocenters. The molecule has 1 aromatic carbocycles. The number of benzene rings is 1. The first kappa shape index (κ1) is 19.3. The second kappa shape index (κ2) is 9.43. The molecule has 0 bridgehead atoms. The van der Waals surface area contributed by atoms with Gasteiger partial charge in [0, 0.05) is 24.0 Å². The molecule has 0 aliphatic carbocycles. The second-order valence-corrected chi connectivity index (χ2v) is 7.20. The van der Waals surface area contributed by atoms with E-state index in [9.17, 15) is 0 Å². The van der Waals surface area contributed by atoms with Crippen molar-refractivity contribution in [2.24, 2.45) is 0 Å². The summed E-state index contributed by atoms with van der Waals surface area (Å²) in [4.78, 5) is 11.4. The predicted molar refractivity (Wildman–Crippen MR) is 114 cm³/mol. The van der Waals surface area contributed by atoms with Crippen LogP contribution in [0.25, 0.3) is 0 Å². The van der Waals surface area contributed by atoms with Crippen LogP contribution in [0.1, 0.15) is 24.2 Å². The minimum absolute atomic E-state index is 0.542. The van der Waals surface area contributed by atoms with Gasteiger partial charge in [-0.2, -0.15) is 4.98 Å². The van der Waals surface area contributed by atoms with Gasteiger partial charge >= 0.3 is 0 Å². The normalized spacial score (nSPS) is 14.1. The molecule has 0 spiro atoms. The van der Waals surface area contributed by atoms with Crippen LogP contribution >= 0.6 is 0 Å². The van der Waals surface area contributed by atoms with Crippen LogP contribution in [0.3, 0.4) is 0 Å². The third-order valence-corrected chi connectivity index (χ3v) is 4.97. The van der Waals surface area contributed by atoms with Gasteiger partial charge in [0.2, 0.25) is 5.95 Å². The van der Waals surface area contributed by atoms with Gasteiger partial charge in [-0.15, -0.1) is 0 Å². The van der Waals surface area contributed by atoms with Crippen molar-refractivity contribution >= 4 is 17.5 Å². The molecule has 1 aliphatic rings. The van der Waals surface area contributed by atoms with Crippen molar-refractivity contribution in [3.05, 3.63) is 60.2 Å². The van der Waals surface area contributed by atoms with E-state index in [-0.39, 0.29) is 0 Å². The molecule has 4 rings (SSSR count). The monoisotopic (exact) mass is 393 g/mol. The number of aromatic nitrogens is 2. The van der Waals surface area contributed by atoms with Gasteiger partial charge in [-0.1, -0.05) is 0 Å². The molecule has 0 amide bonds. The number of anilines is 3. The van der Waals surface area contributed by atoms with Crippen molar-refractivity contribution in [1.82, 2.24) is 14.9 Å². The molecule has 3 aromatic rings. The van der Waals surface area contributed by atoms with Crippen molar-refractivity contribution in [1.29, 1.82) is 0 Å². The van der Waals surface area contributed by atoms with Crippen LogP contribution in [0.2, 0.25) is 0 Å². The fourth-order valence-corrected chi connectivity index (χ4v) is 3.33. The summed E-state index contributed by atoms with van der Waals surface area (Å²) in [7, 11) is 0. The van der Waals surface area contributed by atoms with Crippen molar-refractivity contribution in [2.75, 3.05) is 36.9 Å². The zero-order valence-corrected chi connectivity index (χ0v) is 16.7. The second-order valence-electron chi connectivity index (χ2n) is 7.20. The number of nitrogens with one attached hydrogen (secondary N) is 2. The molecule has 29 heavy (non-hydrogen) atoms. The maximum atomic E-state index is 5.86. The summed E-state index contributed by atoms with van der Waals surface area (Å²) < 4.78 is 11.2. The van der Waals surface area contributed by atoms with Crippen molar-refractivity contribution in [3.8, 4) is 5.75 Å². The third-order valence-electron chi connectivity index (χ3n) is 4.97. The van der Waals surface area contributed by atoms with Gasteiger partial charge in [0.05, 0.1) is 12.8 Å². The van der Waals surface area contributed by atoms with E-state index in [4.69, 9.17) is 9.15 Å². The van der Waals surface area contributed by atoms with Gasteiger partial charge in [0.25, 0.3) is 0 Å². The molecule has 2 aromatic heterocycles. The van der Waals surface area contributed by atoms with Crippen LogP contribution in [0, 0.1) is 6.92 Å². The first-order chi connectivity index (χ1) is 14.3. The minimum Gasteiger partial charge on any atom is -0.492 e. The Morgan fingerprint density at radius 1 is 1.14 bits per heavy atom. The maximum Gasteiger partial charge on any atom is 0.229 e.